The predicted octanol–water partition coefficient (Wildman–Crippen LogP) is 0.985. The Hall–Kier alpha value is -1.15. The molecule has 1 fully saturated rings. The Morgan fingerprint density at radius 2 is 2.19 bits per heavy atom. The third kappa shape index (κ3) is 3.06. The first kappa shape index (κ1) is 16.2. The van der Waals surface area contributed by atoms with Crippen molar-refractivity contribution in [3.63, 3.8) is 0 Å². The maximum Gasteiger partial charge on any atom is 0.243 e. The molecule has 1 aromatic carbocycles. The van der Waals surface area contributed by atoms with Crippen LogP contribution in [0.5, 0.6) is 5.75 Å². The third-order valence-corrected chi connectivity index (χ3v) is 5.78. The van der Waals surface area contributed by atoms with Crippen LogP contribution in [-0.4, -0.2) is 50.7 Å². The summed E-state index contributed by atoms with van der Waals surface area (Å²) in [6, 6.07) is 4.32. The average Bonchev–Trinajstić information content (AvgIpc) is 2.91. The third-order valence-electron chi connectivity index (χ3n) is 3.90. The molecule has 0 saturated carbocycles. The van der Waals surface area contributed by atoms with Gasteiger partial charge in [-0.25, -0.2) is 8.42 Å². The summed E-state index contributed by atoms with van der Waals surface area (Å²) in [5, 5.41) is 9.32. The average molecular weight is 315 g/mol. The van der Waals surface area contributed by atoms with Crippen LogP contribution in [0.1, 0.15) is 18.9 Å². The van der Waals surface area contributed by atoms with Gasteiger partial charge in [-0.3, -0.25) is 0 Å². The molecular weight excluding hydrogens is 294 g/mol. The molecule has 21 heavy (non-hydrogen) atoms. The van der Waals surface area contributed by atoms with Gasteiger partial charge in [-0.15, -0.1) is 0 Å². The van der Waals surface area contributed by atoms with Crippen LogP contribution in [0.2, 0.25) is 0 Å². The molecule has 118 valence electrons. The van der Waals surface area contributed by atoms with Gasteiger partial charge in [-0.2, -0.15) is 4.31 Å². The van der Waals surface area contributed by atoms with Crippen LogP contribution >= 0.6 is 0 Å². The number of aliphatic hydroxyl groups excluding tert-OH is 1. The Morgan fingerprint density at radius 1 is 1.48 bits per heavy atom. The van der Waals surface area contributed by atoms with E-state index in [9.17, 15) is 13.5 Å². The van der Waals surface area contributed by atoms with Crippen LogP contribution in [0.4, 0.5) is 0 Å². The number of sulfonamides is 1. The molecule has 1 heterocycles. The van der Waals surface area contributed by atoms with Crippen LogP contribution < -0.4 is 4.74 Å². The summed E-state index contributed by atoms with van der Waals surface area (Å²) in [6.07, 6.45) is 0.556. The molecule has 1 saturated heterocycles. The monoisotopic (exact) mass is 315 g/mol. The first-order valence-corrected chi connectivity index (χ1v) is 8.23. The highest BCUT2D eigenvalue weighted by Crippen LogP contribution is 2.28. The fraction of sp³-hybridized carbons (Fsp3) is 0.571. The van der Waals surface area contributed by atoms with Gasteiger partial charge in [-0.05, 0) is 31.5 Å². The van der Waals surface area contributed by atoms with E-state index >= 15 is 0 Å². The highest BCUT2D eigenvalue weighted by Gasteiger charge is 2.35. The van der Waals surface area contributed by atoms with E-state index in [2.05, 4.69) is 0 Å². The van der Waals surface area contributed by atoms with Gasteiger partial charge >= 0.3 is 0 Å². The van der Waals surface area contributed by atoms with Crippen molar-refractivity contribution in [1.82, 2.24) is 4.31 Å². The SMILES string of the molecule is COc1ccc(S(=O)(=O)N(C)C2CCOC2C)cc1CO. The zero-order valence-corrected chi connectivity index (χ0v) is 13.3. The van der Waals surface area contributed by atoms with Gasteiger partial charge in [0.2, 0.25) is 10.0 Å². The molecule has 6 nitrogen and oxygen atoms in total. The lowest BCUT2D eigenvalue weighted by Crippen LogP contribution is -2.40. The maximum atomic E-state index is 12.7. The smallest absolute Gasteiger partial charge is 0.243 e. The molecular formula is C14H21NO5S. The Bertz CT molecular complexity index is 601. The second-order valence-corrected chi connectivity index (χ2v) is 7.08. The zero-order valence-electron chi connectivity index (χ0n) is 12.4. The van der Waals surface area contributed by atoms with E-state index in [1.54, 1.807) is 13.1 Å². The summed E-state index contributed by atoms with van der Waals surface area (Å²) in [4.78, 5) is 0.147. The molecule has 1 aromatic rings. The van der Waals surface area contributed by atoms with Crippen molar-refractivity contribution in [1.29, 1.82) is 0 Å². The van der Waals surface area contributed by atoms with E-state index < -0.39 is 10.0 Å². The number of methoxy groups -OCH3 is 1. The number of hydrogen-bond acceptors (Lipinski definition) is 5. The van der Waals surface area contributed by atoms with E-state index in [4.69, 9.17) is 9.47 Å². The van der Waals surface area contributed by atoms with Crippen LogP contribution in [0.3, 0.4) is 0 Å². The summed E-state index contributed by atoms with van der Waals surface area (Å²) < 4.78 is 37.2. The van der Waals surface area contributed by atoms with Crippen molar-refractivity contribution >= 4 is 10.0 Å². The van der Waals surface area contributed by atoms with Crippen molar-refractivity contribution in [3.8, 4) is 5.75 Å². The van der Waals surface area contributed by atoms with Crippen LogP contribution in [0.15, 0.2) is 23.1 Å². The fourth-order valence-electron chi connectivity index (χ4n) is 2.58. The first-order chi connectivity index (χ1) is 9.91. The minimum atomic E-state index is -3.63. The summed E-state index contributed by atoms with van der Waals surface area (Å²) in [6.45, 7) is 2.16. The van der Waals surface area contributed by atoms with Gasteiger partial charge in [0, 0.05) is 19.2 Å². The van der Waals surface area contributed by atoms with Gasteiger partial charge in [0.25, 0.3) is 0 Å². The summed E-state index contributed by atoms with van der Waals surface area (Å²) in [5.41, 5.74) is 0.447. The molecule has 1 N–H and O–H groups in total. The first-order valence-electron chi connectivity index (χ1n) is 6.79. The zero-order chi connectivity index (χ0) is 15.6. The number of benzene rings is 1. The Labute approximate surface area is 125 Å². The molecule has 1 aliphatic rings. The van der Waals surface area contributed by atoms with E-state index in [1.807, 2.05) is 6.92 Å². The number of hydrogen-bond donors (Lipinski definition) is 1. The number of rotatable bonds is 5. The standard InChI is InChI=1S/C14H21NO5S/c1-10-13(6-7-20-10)15(2)21(17,18)12-4-5-14(19-3)11(8-12)9-16/h4-5,8,10,13,16H,6-7,9H2,1-3H3. The van der Waals surface area contributed by atoms with Gasteiger partial charge in [0.1, 0.15) is 5.75 Å². The Kier molecular flexibility index (Phi) is 4.88. The lowest BCUT2D eigenvalue weighted by Gasteiger charge is -2.26. The highest BCUT2D eigenvalue weighted by atomic mass is 32.2. The van der Waals surface area contributed by atoms with Crippen LogP contribution in [-0.2, 0) is 21.4 Å². The molecule has 2 atom stereocenters. The van der Waals surface area contributed by atoms with E-state index in [0.29, 0.717) is 24.3 Å². The quantitative estimate of drug-likeness (QED) is 0.877. The van der Waals surface area contributed by atoms with Crippen molar-refractivity contribution in [3.05, 3.63) is 23.8 Å². The largest absolute Gasteiger partial charge is 0.496 e. The normalized spacial score (nSPS) is 22.7. The molecule has 2 unspecified atom stereocenters. The number of ether oxygens (including phenoxy) is 2. The Balaban J connectivity index is 2.35. The number of aliphatic hydroxyl groups is 1. The van der Waals surface area contributed by atoms with Crippen LogP contribution in [0, 0.1) is 0 Å². The highest BCUT2D eigenvalue weighted by molar-refractivity contribution is 7.89. The Morgan fingerprint density at radius 3 is 2.71 bits per heavy atom. The molecule has 7 heteroatoms. The van der Waals surface area contributed by atoms with Gasteiger partial charge in [-0.1, -0.05) is 0 Å². The predicted molar refractivity (Wildman–Crippen MR) is 77.7 cm³/mol. The maximum absolute atomic E-state index is 12.7. The van der Waals surface area contributed by atoms with Gasteiger partial charge in [0.05, 0.1) is 30.8 Å². The van der Waals surface area contributed by atoms with E-state index in [1.165, 1.54) is 23.5 Å². The minimum Gasteiger partial charge on any atom is -0.496 e. The lowest BCUT2D eigenvalue weighted by atomic mass is 10.2. The van der Waals surface area contributed by atoms with Crippen LogP contribution in [0.25, 0.3) is 0 Å². The second kappa shape index (κ2) is 6.31. The summed E-state index contributed by atoms with van der Waals surface area (Å²) in [5.74, 6) is 0.469. The van der Waals surface area contributed by atoms with E-state index in [0.717, 1.165) is 0 Å². The van der Waals surface area contributed by atoms with Crippen molar-refractivity contribution < 1.29 is 23.0 Å². The molecule has 0 spiro atoms. The summed E-state index contributed by atoms with van der Waals surface area (Å²) >= 11 is 0. The summed E-state index contributed by atoms with van der Waals surface area (Å²) in [7, 11) is -0.584. The molecule has 0 bridgehead atoms. The fourth-order valence-corrected chi connectivity index (χ4v) is 4.08. The number of likely N-dealkylation sites (N-methyl/N-ethyl adjacent to an activating group) is 1. The van der Waals surface area contributed by atoms with E-state index in [-0.39, 0.29) is 23.6 Å². The molecule has 0 aliphatic carbocycles. The number of nitrogens with zero attached hydrogens (tertiary/aromatic N) is 1. The molecule has 0 aromatic heterocycles. The van der Waals surface area contributed by atoms with Crippen molar-refractivity contribution in [2.45, 2.75) is 37.0 Å². The second-order valence-electron chi connectivity index (χ2n) is 5.08. The molecule has 2 rings (SSSR count). The lowest BCUT2D eigenvalue weighted by molar-refractivity contribution is 0.102. The van der Waals surface area contributed by atoms with Gasteiger partial charge < -0.3 is 14.6 Å². The van der Waals surface area contributed by atoms with Crippen molar-refractivity contribution in [2.24, 2.45) is 0 Å². The van der Waals surface area contributed by atoms with Crippen molar-refractivity contribution in [2.75, 3.05) is 20.8 Å². The minimum absolute atomic E-state index is 0.125. The molecule has 1 aliphatic heterocycles. The molecule has 0 amide bonds. The topological polar surface area (TPSA) is 76.1 Å². The molecule has 0 radical (unpaired) electrons. The van der Waals surface area contributed by atoms with Gasteiger partial charge in [0.15, 0.2) is 0 Å².